The fraction of sp³-hybridized carbons (Fsp3) is 0.186. The van der Waals surface area contributed by atoms with Gasteiger partial charge in [-0.1, -0.05) is 54.6 Å². The highest BCUT2D eigenvalue weighted by atomic mass is 35.5. The molecule has 1 atom stereocenters. The fourth-order valence-corrected chi connectivity index (χ4v) is 9.21. The molecular formula is C59H50ClF4N9O10. The molecule has 6 heterocycles. The number of halogens is 5. The monoisotopic (exact) mass is 1160 g/mol. The molecule has 0 spiro atoms. The van der Waals surface area contributed by atoms with Crippen molar-refractivity contribution >= 4 is 91.9 Å². The summed E-state index contributed by atoms with van der Waals surface area (Å²) in [7, 11) is 0. The molecule has 24 heteroatoms. The Kier molecular flexibility index (Phi) is 17.8. The Morgan fingerprint density at radius 1 is 0.735 bits per heavy atom. The van der Waals surface area contributed by atoms with Crippen LogP contribution in [0.3, 0.4) is 0 Å². The van der Waals surface area contributed by atoms with Crippen molar-refractivity contribution in [3.63, 3.8) is 0 Å². The molecule has 1 unspecified atom stereocenters. The third kappa shape index (κ3) is 13.2. The van der Waals surface area contributed by atoms with Crippen molar-refractivity contribution in [2.75, 3.05) is 26.2 Å². The molecule has 6 aromatic carbocycles. The highest BCUT2D eigenvalue weighted by Gasteiger charge is 2.47. The minimum atomic E-state index is -3.11. The van der Waals surface area contributed by atoms with E-state index in [1.807, 2.05) is 95.7 Å². The second-order valence-electron chi connectivity index (χ2n) is 18.9. The smallest absolute Gasteiger partial charge is 0.417 e. The predicted molar refractivity (Wildman–Crippen MR) is 302 cm³/mol. The molecule has 0 bridgehead atoms. The number of carbonyl (C=O) groups excluding carboxylic acids is 5. The van der Waals surface area contributed by atoms with Crippen molar-refractivity contribution in [2.45, 2.75) is 45.1 Å². The predicted octanol–water partition coefficient (Wildman–Crippen LogP) is 9.48. The second-order valence-corrected chi connectivity index (χ2v) is 18.9. The number of nitrogens with two attached hydrogens (primary N) is 1. The van der Waals surface area contributed by atoms with Gasteiger partial charge in [-0.25, -0.2) is 41.3 Å². The van der Waals surface area contributed by atoms with Gasteiger partial charge in [-0.05, 0) is 91.3 Å². The highest BCUT2D eigenvalue weighted by Crippen LogP contribution is 2.45. The Morgan fingerprint density at radius 2 is 1.29 bits per heavy atom. The van der Waals surface area contributed by atoms with E-state index in [-0.39, 0.29) is 36.7 Å². The van der Waals surface area contributed by atoms with Crippen LogP contribution in [0.25, 0.3) is 55.4 Å². The summed E-state index contributed by atoms with van der Waals surface area (Å²) in [5, 5.41) is 10.6. The maximum Gasteiger partial charge on any atom is 0.417 e. The third-order valence-corrected chi connectivity index (χ3v) is 12.8. The summed E-state index contributed by atoms with van der Waals surface area (Å²) in [6, 6.07) is 39.7. The molecule has 83 heavy (non-hydrogen) atoms. The summed E-state index contributed by atoms with van der Waals surface area (Å²) in [4.78, 5) is 92.7. The minimum absolute atomic E-state index is 0. The van der Waals surface area contributed by atoms with Crippen molar-refractivity contribution < 1.29 is 55.1 Å². The molecule has 0 saturated heterocycles. The van der Waals surface area contributed by atoms with E-state index >= 15 is 0 Å². The normalized spacial score (nSPS) is 13.8. The number of hydrogen-bond acceptors (Lipinski definition) is 14. The average molecular weight is 1160 g/mol. The van der Waals surface area contributed by atoms with Crippen molar-refractivity contribution in [3.8, 4) is 11.4 Å². The number of nitrogens with zero attached hydrogens (tertiary/aromatic N) is 6. The Morgan fingerprint density at radius 3 is 1.86 bits per heavy atom. The van der Waals surface area contributed by atoms with Crippen LogP contribution >= 0.6 is 12.4 Å². The first-order valence-corrected chi connectivity index (χ1v) is 25.3. The zero-order chi connectivity index (χ0) is 58.5. The molecule has 12 rings (SSSR count). The van der Waals surface area contributed by atoms with Gasteiger partial charge in [-0.15, -0.1) is 12.4 Å². The molecule has 0 radical (unpaired) electrons. The molecule has 426 valence electrons. The van der Waals surface area contributed by atoms with E-state index in [2.05, 4.69) is 35.6 Å². The molecule has 0 aliphatic carbocycles. The van der Waals surface area contributed by atoms with Gasteiger partial charge in [0.1, 0.15) is 6.29 Å². The number of hydrogen-bond donors (Lipinski definition) is 3. The Bertz CT molecular complexity index is 4250. The van der Waals surface area contributed by atoms with Gasteiger partial charge in [0.05, 0.1) is 95.8 Å². The number of amides is 1. The number of esters is 1. The van der Waals surface area contributed by atoms with Crippen LogP contribution in [0, 0.1) is 0 Å². The number of nitrogens with one attached hydrogen (secondary N) is 2. The number of oxazole rings is 2. The van der Waals surface area contributed by atoms with E-state index in [9.17, 15) is 51.1 Å². The summed E-state index contributed by atoms with van der Waals surface area (Å²) in [5.41, 5.74) is 12.8. The first-order valence-electron chi connectivity index (χ1n) is 25.3. The van der Waals surface area contributed by atoms with Gasteiger partial charge in [0.2, 0.25) is 5.78 Å². The number of aldehydes is 1. The molecule has 2 aliphatic heterocycles. The topological polar surface area (TPSA) is 264 Å². The van der Waals surface area contributed by atoms with Crippen LogP contribution in [-0.4, -0.2) is 108 Å². The Balaban J connectivity index is 0.000000171. The number of alkyl halides is 4. The molecule has 4 aromatic heterocycles. The number of H-pyrrole nitrogens is 2. The molecule has 10 aromatic rings. The van der Waals surface area contributed by atoms with Crippen molar-refractivity contribution in [1.29, 1.82) is 0 Å². The maximum absolute atomic E-state index is 14.4. The Hall–Kier alpha value is -9.87. The number of carbonyl (C=O) groups is 5. The number of fused-ring (bicyclic) bond motifs is 4. The van der Waals surface area contributed by atoms with E-state index in [1.54, 1.807) is 54.3 Å². The zero-order valence-corrected chi connectivity index (χ0v) is 45.1. The van der Waals surface area contributed by atoms with Gasteiger partial charge in [-0.3, -0.25) is 34.1 Å². The molecule has 19 nitrogen and oxygen atoms in total. The number of para-hydroxylation sites is 4. The number of aromatic nitrogens is 6. The Labute approximate surface area is 473 Å². The lowest BCUT2D eigenvalue weighted by atomic mass is 9.91. The summed E-state index contributed by atoms with van der Waals surface area (Å²) in [6.07, 6.45) is 3.71. The van der Waals surface area contributed by atoms with Gasteiger partial charge in [0, 0.05) is 46.9 Å². The van der Waals surface area contributed by atoms with E-state index in [0.717, 1.165) is 53.3 Å². The van der Waals surface area contributed by atoms with Gasteiger partial charge in [-0.2, -0.15) is 10.2 Å². The van der Waals surface area contributed by atoms with Crippen LogP contribution in [0.5, 0.6) is 0 Å². The minimum Gasteiger partial charge on any atom is -0.460 e. The van der Waals surface area contributed by atoms with Crippen LogP contribution in [0.2, 0.25) is 0 Å². The molecule has 1 amide bonds. The third-order valence-electron chi connectivity index (χ3n) is 12.8. The van der Waals surface area contributed by atoms with E-state index in [0.29, 0.717) is 50.2 Å². The van der Waals surface area contributed by atoms with Crippen LogP contribution in [-0.2, 0) is 19.1 Å². The highest BCUT2D eigenvalue weighted by molar-refractivity contribution is 6.38. The lowest BCUT2D eigenvalue weighted by molar-refractivity contribution is -0.153. The molecular weight excluding hydrogens is 1110 g/mol. The zero-order valence-electron chi connectivity index (χ0n) is 44.3. The molecule has 0 saturated carbocycles. The average Bonchev–Trinajstić information content (AvgIpc) is 2.28. The first kappa shape index (κ1) is 59.3. The standard InChI is InChI=1S/C29H21F2N5O3.C14H10N2O.C13H11NO6.C3H7F2N.ClH/c1-29(30,31)15-35-25(16-10-11-22-17(12-16)13-33-36(22)18-6-3-2-4-7-18)23-20(27(35)37)14-32-24(23)19-8-5-9-21-26(19)39-28(38)34-21;17-10-11-6-7-14-12(8-11)9-15-16(14)13-4-2-1-3-5-13;1-2-19-12(17)10(16)6-9(15)7-4-3-5-8-11(7)20-13(18)14-8;1-3(4,5)2-6;/h2-13,25H,14-15H2,1H3,(H,34,38);1-10H;3-5H,2,6H2,1H3,(H,14,18);2,6H2,1H3;1H. The number of ketones is 2. The number of Topliss-reactive ketones (excluding diaryl/α,β-unsaturated/α-hetero) is 2. The van der Waals surface area contributed by atoms with Gasteiger partial charge >= 0.3 is 17.5 Å². The van der Waals surface area contributed by atoms with Crippen LogP contribution < -0.4 is 17.2 Å². The largest absolute Gasteiger partial charge is 0.460 e. The molecule has 4 N–H and O–H groups in total. The fourth-order valence-electron chi connectivity index (χ4n) is 9.21. The number of ether oxygens (including phenoxy) is 1. The van der Waals surface area contributed by atoms with Crippen LogP contribution in [0.15, 0.2) is 180 Å². The number of benzene rings is 6. The number of aliphatic imine (C=N–C) groups is 1. The second kappa shape index (κ2) is 24.9. The molecule has 0 fully saturated rings. The number of aromatic amines is 2. The van der Waals surface area contributed by atoms with E-state index < -0.39 is 72.4 Å². The van der Waals surface area contributed by atoms with Gasteiger partial charge in [0.15, 0.2) is 16.9 Å². The van der Waals surface area contributed by atoms with Crippen molar-refractivity contribution in [1.82, 2.24) is 34.4 Å². The first-order chi connectivity index (χ1) is 39.2. The van der Waals surface area contributed by atoms with Gasteiger partial charge in [0.25, 0.3) is 17.8 Å². The van der Waals surface area contributed by atoms with Crippen molar-refractivity contribution in [3.05, 3.63) is 200 Å². The number of rotatable bonds is 13. The summed E-state index contributed by atoms with van der Waals surface area (Å²) in [6.45, 7) is 1.95. The van der Waals surface area contributed by atoms with E-state index in [1.165, 1.54) is 17.0 Å². The molecule has 2 aliphatic rings. The lowest BCUT2D eigenvalue weighted by Gasteiger charge is -2.30. The lowest BCUT2D eigenvalue weighted by Crippen LogP contribution is -2.40. The van der Waals surface area contributed by atoms with E-state index in [4.69, 9.17) is 8.83 Å². The van der Waals surface area contributed by atoms with Crippen LogP contribution in [0.4, 0.5) is 17.6 Å². The summed E-state index contributed by atoms with van der Waals surface area (Å²) >= 11 is 0. The van der Waals surface area contributed by atoms with Crippen LogP contribution in [0.1, 0.15) is 65.1 Å². The summed E-state index contributed by atoms with van der Waals surface area (Å²) in [5.74, 6) is -10.2. The maximum atomic E-state index is 14.4. The van der Waals surface area contributed by atoms with Gasteiger partial charge < -0.3 is 24.2 Å². The van der Waals surface area contributed by atoms with Crippen molar-refractivity contribution in [2.24, 2.45) is 10.7 Å². The SMILES string of the molecule is CC(F)(F)CN.CC(F)(F)CN1C(=O)C2=C(C(c3cccc4[nH]c(=O)oc34)=NC2)C1c1ccc2c(cnn2-c2ccccc2)c1.CCOC(=O)C(=O)CC(=O)c1cccc2[nH]c(=O)oc12.Cl.O=Cc1ccc2c(cnn2-c2ccccc2)c1. The summed E-state index contributed by atoms with van der Waals surface area (Å²) < 4.78 is 69.8. The quantitative estimate of drug-likeness (QED) is 0.0243.